The maximum absolute atomic E-state index is 9.17. The summed E-state index contributed by atoms with van der Waals surface area (Å²) in [6, 6.07) is 10.5. The molecule has 0 aromatic heterocycles. The van der Waals surface area contributed by atoms with Crippen LogP contribution in [-0.4, -0.2) is 11.3 Å². The van der Waals surface area contributed by atoms with Crippen molar-refractivity contribution >= 4 is 27.7 Å². The topological polar surface area (TPSA) is 49.8 Å². The van der Waals surface area contributed by atoms with E-state index in [0.29, 0.717) is 5.92 Å². The van der Waals surface area contributed by atoms with Gasteiger partial charge in [-0.15, -0.1) is 11.8 Å². The third-order valence-electron chi connectivity index (χ3n) is 3.64. The van der Waals surface area contributed by atoms with Crippen molar-refractivity contribution in [1.29, 1.82) is 5.26 Å². The zero-order valence-corrected chi connectivity index (χ0v) is 12.6. The monoisotopic (exact) mass is 324 g/mol. The van der Waals surface area contributed by atoms with Gasteiger partial charge >= 0.3 is 0 Å². The predicted molar refractivity (Wildman–Crippen MR) is 79.4 cm³/mol. The van der Waals surface area contributed by atoms with Gasteiger partial charge in [0.1, 0.15) is 5.54 Å². The lowest BCUT2D eigenvalue weighted by molar-refractivity contribution is 0.389. The minimum atomic E-state index is -0.575. The van der Waals surface area contributed by atoms with Crippen LogP contribution in [0.15, 0.2) is 33.6 Å². The summed E-state index contributed by atoms with van der Waals surface area (Å²) in [6.45, 7) is 0. The number of nitriles is 1. The number of halogens is 1. The van der Waals surface area contributed by atoms with Gasteiger partial charge in [0.05, 0.1) is 6.07 Å². The molecule has 2 nitrogen and oxygen atoms in total. The van der Waals surface area contributed by atoms with Crippen molar-refractivity contribution in [2.75, 3.05) is 5.75 Å². The summed E-state index contributed by atoms with van der Waals surface area (Å²) in [5, 5.41) is 9.17. The molecule has 0 bridgehead atoms. The lowest BCUT2D eigenvalue weighted by Gasteiger charge is -2.23. The van der Waals surface area contributed by atoms with Crippen LogP contribution >= 0.6 is 27.7 Å². The fourth-order valence-electron chi connectivity index (χ4n) is 2.52. The summed E-state index contributed by atoms with van der Waals surface area (Å²) in [7, 11) is 0. The van der Waals surface area contributed by atoms with E-state index in [1.165, 1.54) is 4.90 Å². The molecular formula is C14H17BrN2S. The van der Waals surface area contributed by atoms with Crippen molar-refractivity contribution in [3.8, 4) is 6.07 Å². The average Bonchev–Trinajstić information content (AvgIpc) is 2.74. The molecule has 1 saturated carbocycles. The highest BCUT2D eigenvalue weighted by atomic mass is 79.9. The first-order chi connectivity index (χ1) is 8.65. The van der Waals surface area contributed by atoms with Gasteiger partial charge in [-0.05, 0) is 59.0 Å². The Labute approximate surface area is 121 Å². The number of nitrogens with two attached hydrogens (primary N) is 1. The number of thioether (sulfide) groups is 1. The maximum atomic E-state index is 9.17. The Balaban J connectivity index is 1.86. The second kappa shape index (κ2) is 6.10. The quantitative estimate of drug-likeness (QED) is 0.853. The Morgan fingerprint density at radius 1 is 1.50 bits per heavy atom. The molecule has 96 valence electrons. The molecule has 2 unspecified atom stereocenters. The number of benzene rings is 1. The Hall–Kier alpha value is -0.500. The first-order valence-electron chi connectivity index (χ1n) is 6.23. The van der Waals surface area contributed by atoms with E-state index >= 15 is 0 Å². The third-order valence-corrected chi connectivity index (χ3v) is 5.70. The zero-order valence-electron chi connectivity index (χ0n) is 10.2. The molecule has 1 aromatic rings. The fraction of sp³-hybridized carbons (Fsp3) is 0.500. The zero-order chi connectivity index (χ0) is 13.0. The van der Waals surface area contributed by atoms with Crippen LogP contribution in [0, 0.1) is 17.2 Å². The fourth-order valence-corrected chi connectivity index (χ4v) is 4.16. The van der Waals surface area contributed by atoms with Crippen molar-refractivity contribution in [3.05, 3.63) is 28.7 Å². The highest BCUT2D eigenvalue weighted by Gasteiger charge is 2.39. The standard InChI is InChI=1S/C14H17BrN2S/c15-12-5-1-2-6-13(12)18-9-7-11-4-3-8-14(11,17)10-16/h1-2,5-6,11H,3-4,7-9,17H2. The summed E-state index contributed by atoms with van der Waals surface area (Å²) in [4.78, 5) is 1.26. The van der Waals surface area contributed by atoms with Gasteiger partial charge in [-0.3, -0.25) is 0 Å². The molecule has 1 aliphatic carbocycles. The van der Waals surface area contributed by atoms with Crippen LogP contribution in [0.3, 0.4) is 0 Å². The first kappa shape index (κ1) is 13.9. The summed E-state index contributed by atoms with van der Waals surface area (Å²) >= 11 is 5.38. The van der Waals surface area contributed by atoms with Gasteiger partial charge in [0.15, 0.2) is 0 Å². The highest BCUT2D eigenvalue weighted by Crippen LogP contribution is 2.37. The van der Waals surface area contributed by atoms with Gasteiger partial charge in [-0.1, -0.05) is 18.6 Å². The van der Waals surface area contributed by atoms with Crippen LogP contribution in [0.5, 0.6) is 0 Å². The number of rotatable bonds is 4. The van der Waals surface area contributed by atoms with Crippen molar-refractivity contribution < 1.29 is 0 Å². The summed E-state index contributed by atoms with van der Waals surface area (Å²) in [5.74, 6) is 1.38. The SMILES string of the molecule is N#CC1(N)CCCC1CCSc1ccccc1Br. The van der Waals surface area contributed by atoms with E-state index in [1.54, 1.807) is 0 Å². The molecule has 18 heavy (non-hydrogen) atoms. The van der Waals surface area contributed by atoms with E-state index in [1.807, 2.05) is 23.9 Å². The van der Waals surface area contributed by atoms with Crippen LogP contribution in [0.25, 0.3) is 0 Å². The van der Waals surface area contributed by atoms with Crippen molar-refractivity contribution in [3.63, 3.8) is 0 Å². The van der Waals surface area contributed by atoms with Crippen molar-refractivity contribution in [1.82, 2.24) is 0 Å². The van der Waals surface area contributed by atoms with Gasteiger partial charge in [-0.25, -0.2) is 0 Å². The summed E-state index contributed by atoms with van der Waals surface area (Å²) in [6.07, 6.45) is 4.07. The summed E-state index contributed by atoms with van der Waals surface area (Å²) < 4.78 is 1.14. The van der Waals surface area contributed by atoms with E-state index in [-0.39, 0.29) is 0 Å². The van der Waals surface area contributed by atoms with Gasteiger partial charge in [0.25, 0.3) is 0 Å². The first-order valence-corrected chi connectivity index (χ1v) is 8.01. The average molecular weight is 325 g/mol. The molecule has 0 heterocycles. The lowest BCUT2D eigenvalue weighted by atomic mass is 9.88. The van der Waals surface area contributed by atoms with Crippen molar-refractivity contribution in [2.45, 2.75) is 36.1 Å². The van der Waals surface area contributed by atoms with Crippen LogP contribution in [-0.2, 0) is 0 Å². The Bertz CT molecular complexity index is 457. The Morgan fingerprint density at radius 2 is 2.28 bits per heavy atom. The molecule has 4 heteroatoms. The molecule has 0 spiro atoms. The molecule has 1 aliphatic rings. The second-order valence-electron chi connectivity index (χ2n) is 4.81. The number of hydrogen-bond acceptors (Lipinski definition) is 3. The highest BCUT2D eigenvalue weighted by molar-refractivity contribution is 9.10. The Kier molecular flexibility index (Phi) is 4.71. The molecule has 2 rings (SSSR count). The lowest BCUT2D eigenvalue weighted by Crippen LogP contribution is -2.41. The smallest absolute Gasteiger partial charge is 0.107 e. The van der Waals surface area contributed by atoms with E-state index in [2.05, 4.69) is 34.1 Å². The third kappa shape index (κ3) is 3.09. The van der Waals surface area contributed by atoms with Crippen LogP contribution < -0.4 is 5.73 Å². The van der Waals surface area contributed by atoms with Crippen LogP contribution in [0.2, 0.25) is 0 Å². The molecular weight excluding hydrogens is 308 g/mol. The molecule has 0 saturated heterocycles. The van der Waals surface area contributed by atoms with Gasteiger partial charge in [0, 0.05) is 9.37 Å². The molecule has 2 atom stereocenters. The largest absolute Gasteiger partial charge is 0.313 e. The predicted octanol–water partition coefficient (Wildman–Crippen LogP) is 3.95. The second-order valence-corrected chi connectivity index (χ2v) is 6.80. The van der Waals surface area contributed by atoms with E-state index < -0.39 is 5.54 Å². The minimum absolute atomic E-state index is 0.359. The summed E-state index contributed by atoms with van der Waals surface area (Å²) in [5.41, 5.74) is 5.56. The molecule has 0 aliphatic heterocycles. The van der Waals surface area contributed by atoms with Crippen LogP contribution in [0.4, 0.5) is 0 Å². The van der Waals surface area contributed by atoms with Gasteiger partial charge < -0.3 is 5.73 Å². The van der Waals surface area contributed by atoms with Gasteiger partial charge in [-0.2, -0.15) is 5.26 Å². The van der Waals surface area contributed by atoms with E-state index in [9.17, 15) is 0 Å². The van der Waals surface area contributed by atoms with E-state index in [4.69, 9.17) is 11.0 Å². The minimum Gasteiger partial charge on any atom is -0.313 e. The van der Waals surface area contributed by atoms with E-state index in [0.717, 1.165) is 35.9 Å². The maximum Gasteiger partial charge on any atom is 0.107 e. The molecule has 1 fully saturated rings. The van der Waals surface area contributed by atoms with Crippen LogP contribution in [0.1, 0.15) is 25.7 Å². The Morgan fingerprint density at radius 3 is 3.00 bits per heavy atom. The van der Waals surface area contributed by atoms with Crippen molar-refractivity contribution in [2.24, 2.45) is 11.7 Å². The molecule has 0 radical (unpaired) electrons. The number of hydrogen-bond donors (Lipinski definition) is 1. The normalized spacial score (nSPS) is 27.1. The molecule has 0 amide bonds. The number of nitrogens with zero attached hydrogens (tertiary/aromatic N) is 1. The molecule has 2 N–H and O–H groups in total. The van der Waals surface area contributed by atoms with Gasteiger partial charge in [0.2, 0.25) is 0 Å². The molecule has 1 aromatic carbocycles.